The molecule has 1 amide bonds. The summed E-state index contributed by atoms with van der Waals surface area (Å²) in [5, 5.41) is 0. The summed E-state index contributed by atoms with van der Waals surface area (Å²) < 4.78 is 26.0. The van der Waals surface area contributed by atoms with Crippen molar-refractivity contribution in [1.82, 2.24) is 4.90 Å². The Kier molecular flexibility index (Phi) is 5.41. The van der Waals surface area contributed by atoms with Crippen LogP contribution < -0.4 is 0 Å². The molecule has 0 atom stereocenters. The molecule has 5 heteroatoms. The minimum Gasteiger partial charge on any atom is -0.345 e. The van der Waals surface area contributed by atoms with E-state index in [1.165, 1.54) is 17.0 Å². The molecule has 0 spiro atoms. The molecule has 0 aliphatic heterocycles. The largest absolute Gasteiger partial charge is 0.345 e. The van der Waals surface area contributed by atoms with Crippen LogP contribution in [0.3, 0.4) is 0 Å². The second-order valence-corrected chi connectivity index (χ2v) is 4.22. The van der Waals surface area contributed by atoms with Crippen molar-refractivity contribution in [2.45, 2.75) is 12.8 Å². The van der Waals surface area contributed by atoms with Gasteiger partial charge in [0.15, 0.2) is 0 Å². The van der Waals surface area contributed by atoms with Gasteiger partial charge in [-0.25, -0.2) is 8.78 Å². The monoisotopic (exact) mass is 259 g/mol. The van der Waals surface area contributed by atoms with E-state index in [4.69, 9.17) is 0 Å². The first-order chi connectivity index (χ1) is 8.04. The second kappa shape index (κ2) is 6.59. The van der Waals surface area contributed by atoms with E-state index in [0.717, 1.165) is 6.07 Å². The smallest absolute Gasteiger partial charge is 0.223 e. The molecular formula is C12H15F2NOS. The van der Waals surface area contributed by atoms with Crippen molar-refractivity contribution in [1.29, 1.82) is 0 Å². The van der Waals surface area contributed by atoms with E-state index in [-0.39, 0.29) is 5.91 Å². The van der Waals surface area contributed by atoms with Crippen molar-refractivity contribution >= 4 is 18.5 Å². The number of hydrogen-bond donors (Lipinski definition) is 1. The van der Waals surface area contributed by atoms with Gasteiger partial charge < -0.3 is 4.90 Å². The third-order valence-electron chi connectivity index (χ3n) is 2.48. The van der Waals surface area contributed by atoms with Crippen LogP contribution in [0.2, 0.25) is 0 Å². The lowest BCUT2D eigenvalue weighted by molar-refractivity contribution is -0.129. The SMILES string of the molecule is CN(CCc1ccc(F)cc1F)C(=O)CCS. The number of carbonyl (C=O) groups excluding carboxylic acids is 1. The predicted octanol–water partition coefficient (Wildman–Crippen LogP) is 2.29. The summed E-state index contributed by atoms with van der Waals surface area (Å²) >= 11 is 3.97. The number of amides is 1. The van der Waals surface area contributed by atoms with E-state index in [9.17, 15) is 13.6 Å². The van der Waals surface area contributed by atoms with Crippen molar-refractivity contribution < 1.29 is 13.6 Å². The topological polar surface area (TPSA) is 20.3 Å². The van der Waals surface area contributed by atoms with E-state index in [1.54, 1.807) is 7.05 Å². The van der Waals surface area contributed by atoms with Crippen LogP contribution >= 0.6 is 12.6 Å². The Bertz CT molecular complexity index is 398. The van der Waals surface area contributed by atoms with Crippen molar-refractivity contribution in [3.05, 3.63) is 35.4 Å². The fourth-order valence-corrected chi connectivity index (χ4v) is 1.62. The fourth-order valence-electron chi connectivity index (χ4n) is 1.42. The van der Waals surface area contributed by atoms with Crippen LogP contribution in [-0.4, -0.2) is 30.2 Å². The number of thiol groups is 1. The molecule has 0 aromatic heterocycles. The number of rotatable bonds is 5. The first-order valence-corrected chi connectivity index (χ1v) is 5.96. The van der Waals surface area contributed by atoms with E-state index in [0.29, 0.717) is 30.7 Å². The number of halogens is 2. The average Bonchev–Trinajstić information content (AvgIpc) is 2.27. The van der Waals surface area contributed by atoms with Gasteiger partial charge in [-0.15, -0.1) is 0 Å². The fraction of sp³-hybridized carbons (Fsp3) is 0.417. The normalized spacial score (nSPS) is 10.4. The van der Waals surface area contributed by atoms with E-state index < -0.39 is 11.6 Å². The van der Waals surface area contributed by atoms with Crippen LogP contribution in [0.4, 0.5) is 8.78 Å². The summed E-state index contributed by atoms with van der Waals surface area (Å²) in [7, 11) is 1.66. The van der Waals surface area contributed by atoms with E-state index in [1.807, 2.05) is 0 Å². The maximum Gasteiger partial charge on any atom is 0.223 e. The first kappa shape index (κ1) is 14.0. The van der Waals surface area contributed by atoms with Gasteiger partial charge in [0, 0.05) is 26.1 Å². The zero-order valence-corrected chi connectivity index (χ0v) is 10.5. The molecule has 1 rings (SSSR count). The first-order valence-electron chi connectivity index (χ1n) is 5.33. The molecule has 0 saturated heterocycles. The molecule has 2 nitrogen and oxygen atoms in total. The Morgan fingerprint density at radius 1 is 1.41 bits per heavy atom. The van der Waals surface area contributed by atoms with Crippen LogP contribution in [-0.2, 0) is 11.2 Å². The molecule has 0 aliphatic rings. The van der Waals surface area contributed by atoms with Crippen LogP contribution in [0.25, 0.3) is 0 Å². The number of nitrogens with zero attached hydrogens (tertiary/aromatic N) is 1. The van der Waals surface area contributed by atoms with E-state index >= 15 is 0 Å². The summed E-state index contributed by atoms with van der Waals surface area (Å²) in [5.74, 6) is -0.693. The van der Waals surface area contributed by atoms with Gasteiger partial charge in [0.1, 0.15) is 11.6 Å². The zero-order chi connectivity index (χ0) is 12.8. The Morgan fingerprint density at radius 2 is 2.12 bits per heavy atom. The molecular weight excluding hydrogens is 244 g/mol. The quantitative estimate of drug-likeness (QED) is 0.804. The third-order valence-corrected chi connectivity index (χ3v) is 2.71. The molecule has 0 saturated carbocycles. The van der Waals surface area contributed by atoms with Gasteiger partial charge in [-0.3, -0.25) is 4.79 Å². The lowest BCUT2D eigenvalue weighted by Crippen LogP contribution is -2.29. The summed E-state index contributed by atoms with van der Waals surface area (Å²) in [6.45, 7) is 0.412. The lowest BCUT2D eigenvalue weighted by atomic mass is 10.1. The highest BCUT2D eigenvalue weighted by molar-refractivity contribution is 7.80. The molecule has 0 heterocycles. The van der Waals surface area contributed by atoms with Gasteiger partial charge in [-0.2, -0.15) is 12.6 Å². The van der Waals surface area contributed by atoms with Crippen LogP contribution in [0.5, 0.6) is 0 Å². The highest BCUT2D eigenvalue weighted by Gasteiger charge is 2.09. The highest BCUT2D eigenvalue weighted by Crippen LogP contribution is 2.10. The van der Waals surface area contributed by atoms with Gasteiger partial charge in [0.2, 0.25) is 5.91 Å². The molecule has 0 aliphatic carbocycles. The van der Waals surface area contributed by atoms with Crippen LogP contribution in [0.1, 0.15) is 12.0 Å². The van der Waals surface area contributed by atoms with Crippen molar-refractivity contribution in [2.75, 3.05) is 19.3 Å². The summed E-state index contributed by atoms with van der Waals surface area (Å²) in [6.07, 6.45) is 0.742. The van der Waals surface area contributed by atoms with Crippen LogP contribution in [0, 0.1) is 11.6 Å². The van der Waals surface area contributed by atoms with E-state index in [2.05, 4.69) is 12.6 Å². The Morgan fingerprint density at radius 3 is 2.71 bits per heavy atom. The number of hydrogen-bond acceptors (Lipinski definition) is 2. The lowest BCUT2D eigenvalue weighted by Gasteiger charge is -2.16. The average molecular weight is 259 g/mol. The molecule has 0 unspecified atom stereocenters. The number of carbonyl (C=O) groups is 1. The van der Waals surface area contributed by atoms with Crippen molar-refractivity contribution in [3.63, 3.8) is 0 Å². The standard InChI is InChI=1S/C12H15F2NOS/c1-15(12(16)5-7-17)6-4-9-2-3-10(13)8-11(9)14/h2-3,8,17H,4-7H2,1H3. The highest BCUT2D eigenvalue weighted by atomic mass is 32.1. The third kappa shape index (κ3) is 4.34. The minimum atomic E-state index is -0.592. The van der Waals surface area contributed by atoms with Crippen molar-refractivity contribution in [3.8, 4) is 0 Å². The second-order valence-electron chi connectivity index (χ2n) is 3.77. The molecule has 94 valence electrons. The van der Waals surface area contributed by atoms with Gasteiger partial charge in [0.25, 0.3) is 0 Å². The molecule has 0 N–H and O–H groups in total. The summed E-state index contributed by atoms with van der Waals surface area (Å²) in [4.78, 5) is 13.0. The molecule has 17 heavy (non-hydrogen) atoms. The molecule has 0 bridgehead atoms. The van der Waals surface area contributed by atoms with Crippen LogP contribution in [0.15, 0.2) is 18.2 Å². The Hall–Kier alpha value is -1.10. The molecule has 1 aromatic rings. The van der Waals surface area contributed by atoms with Gasteiger partial charge in [-0.1, -0.05) is 6.07 Å². The number of likely N-dealkylation sites (N-methyl/N-ethyl adjacent to an activating group) is 1. The number of benzene rings is 1. The van der Waals surface area contributed by atoms with Gasteiger partial charge in [0.05, 0.1) is 0 Å². The zero-order valence-electron chi connectivity index (χ0n) is 9.62. The molecule has 1 aromatic carbocycles. The van der Waals surface area contributed by atoms with Crippen molar-refractivity contribution in [2.24, 2.45) is 0 Å². The summed E-state index contributed by atoms with van der Waals surface area (Å²) in [6, 6.07) is 3.47. The molecule has 0 fully saturated rings. The summed E-state index contributed by atoms with van der Waals surface area (Å²) in [5.41, 5.74) is 0.414. The predicted molar refractivity (Wildman–Crippen MR) is 66.2 cm³/mol. The maximum atomic E-state index is 13.3. The Balaban J connectivity index is 2.52. The van der Waals surface area contributed by atoms with Gasteiger partial charge >= 0.3 is 0 Å². The maximum absolute atomic E-state index is 13.3. The Labute approximate surface area is 105 Å². The molecule has 0 radical (unpaired) electrons. The minimum absolute atomic E-state index is 0.0254. The van der Waals surface area contributed by atoms with Gasteiger partial charge in [-0.05, 0) is 23.8 Å².